The van der Waals surface area contributed by atoms with E-state index >= 15 is 0 Å². The van der Waals surface area contributed by atoms with E-state index < -0.39 is 22.5 Å². The molecule has 1 aliphatic rings. The number of nitrogens with one attached hydrogen (secondary N) is 1. The van der Waals surface area contributed by atoms with Crippen LogP contribution in [-0.2, 0) is 26.2 Å². The minimum absolute atomic E-state index is 0.0788. The molecule has 0 saturated carbocycles. The predicted octanol–water partition coefficient (Wildman–Crippen LogP) is 4.29. The molecule has 9 heteroatoms. The molecule has 3 aromatic rings. The summed E-state index contributed by atoms with van der Waals surface area (Å²) < 4.78 is 28.1. The van der Waals surface area contributed by atoms with Crippen molar-refractivity contribution in [1.29, 1.82) is 0 Å². The lowest BCUT2D eigenvalue weighted by molar-refractivity contribution is -0.120. The van der Waals surface area contributed by atoms with Gasteiger partial charge in [-0.1, -0.05) is 48.0 Å². The van der Waals surface area contributed by atoms with Gasteiger partial charge in [-0.2, -0.15) is 0 Å². The number of benzene rings is 3. The summed E-state index contributed by atoms with van der Waals surface area (Å²) >= 11 is 6.26. The lowest BCUT2D eigenvalue weighted by atomic mass is 10.2. The van der Waals surface area contributed by atoms with Crippen LogP contribution in [-0.4, -0.2) is 33.3 Å². The largest absolute Gasteiger partial charge is 0.350 e. The van der Waals surface area contributed by atoms with E-state index in [1.54, 1.807) is 48.2 Å². The number of nitrogens with zero attached hydrogens (tertiary/aromatic N) is 2. The number of halogens is 1. The highest BCUT2D eigenvalue weighted by Crippen LogP contribution is 2.30. The number of sulfonamides is 1. The molecular weight excluding hydrogens is 486 g/mol. The summed E-state index contributed by atoms with van der Waals surface area (Å²) in [4.78, 5) is 26.8. The van der Waals surface area contributed by atoms with Crippen molar-refractivity contribution in [3.63, 3.8) is 0 Å². The highest BCUT2D eigenvalue weighted by molar-refractivity contribution is 7.92. The second kappa shape index (κ2) is 10.5. The number of rotatable bonds is 8. The number of hydrogen-bond acceptors (Lipinski definition) is 4. The van der Waals surface area contributed by atoms with Gasteiger partial charge >= 0.3 is 0 Å². The Bertz CT molecular complexity index is 1350. The van der Waals surface area contributed by atoms with Crippen molar-refractivity contribution in [2.24, 2.45) is 0 Å². The summed E-state index contributed by atoms with van der Waals surface area (Å²) in [6.07, 6.45) is 1.37. The minimum atomic E-state index is -4.03. The second-order valence-corrected chi connectivity index (χ2v) is 10.6. The molecule has 35 heavy (non-hydrogen) atoms. The van der Waals surface area contributed by atoms with Crippen LogP contribution in [0.25, 0.3) is 0 Å². The lowest BCUT2D eigenvalue weighted by Gasteiger charge is -2.26. The molecule has 0 unspecified atom stereocenters. The topological polar surface area (TPSA) is 86.8 Å². The molecule has 1 aliphatic heterocycles. The van der Waals surface area contributed by atoms with Crippen LogP contribution in [0.4, 0.5) is 11.4 Å². The Balaban J connectivity index is 1.54. The minimum Gasteiger partial charge on any atom is -0.350 e. The van der Waals surface area contributed by atoms with E-state index in [0.29, 0.717) is 29.2 Å². The first-order valence-electron chi connectivity index (χ1n) is 11.3. The molecule has 0 radical (unpaired) electrons. The van der Waals surface area contributed by atoms with Gasteiger partial charge in [-0.15, -0.1) is 0 Å². The Kier molecular flexibility index (Phi) is 7.42. The SMILES string of the molecule is Cc1c(Cl)cccc1N(CC(=O)NCc1cccc(N2CCCC2=O)c1)S(=O)(=O)c1ccccc1. The fourth-order valence-electron chi connectivity index (χ4n) is 4.03. The first-order valence-corrected chi connectivity index (χ1v) is 13.1. The summed E-state index contributed by atoms with van der Waals surface area (Å²) in [7, 11) is -4.03. The third-order valence-corrected chi connectivity index (χ3v) is 8.09. The Morgan fingerprint density at radius 3 is 2.51 bits per heavy atom. The molecule has 0 atom stereocenters. The molecule has 1 heterocycles. The van der Waals surface area contributed by atoms with Crippen molar-refractivity contribution in [2.75, 3.05) is 22.3 Å². The van der Waals surface area contributed by atoms with Gasteiger partial charge in [-0.05, 0) is 60.9 Å². The molecule has 4 rings (SSSR count). The highest BCUT2D eigenvalue weighted by atomic mass is 35.5. The highest BCUT2D eigenvalue weighted by Gasteiger charge is 2.28. The van der Waals surface area contributed by atoms with Crippen molar-refractivity contribution in [3.05, 3.63) is 88.9 Å². The summed E-state index contributed by atoms with van der Waals surface area (Å²) in [5.41, 5.74) is 2.50. The fourth-order valence-corrected chi connectivity index (χ4v) is 5.70. The van der Waals surface area contributed by atoms with Crippen molar-refractivity contribution in [2.45, 2.75) is 31.2 Å². The molecule has 1 saturated heterocycles. The molecule has 0 bridgehead atoms. The molecule has 2 amide bonds. The summed E-state index contributed by atoms with van der Waals surface area (Å²) in [5, 5.41) is 3.21. The van der Waals surface area contributed by atoms with Crippen molar-refractivity contribution in [1.82, 2.24) is 5.32 Å². The zero-order valence-corrected chi connectivity index (χ0v) is 20.8. The van der Waals surface area contributed by atoms with Gasteiger partial charge in [0.1, 0.15) is 6.54 Å². The third kappa shape index (κ3) is 5.49. The Labute approximate surface area is 210 Å². The quantitative estimate of drug-likeness (QED) is 0.489. The number of hydrogen-bond donors (Lipinski definition) is 1. The van der Waals surface area contributed by atoms with Gasteiger partial charge in [0.2, 0.25) is 11.8 Å². The average molecular weight is 512 g/mol. The van der Waals surface area contributed by atoms with Gasteiger partial charge in [0, 0.05) is 30.2 Å². The van der Waals surface area contributed by atoms with Crippen molar-refractivity contribution < 1.29 is 18.0 Å². The number of carbonyl (C=O) groups is 2. The summed E-state index contributed by atoms with van der Waals surface area (Å²) in [6.45, 7) is 2.18. The third-order valence-electron chi connectivity index (χ3n) is 5.91. The van der Waals surface area contributed by atoms with E-state index in [9.17, 15) is 18.0 Å². The van der Waals surface area contributed by atoms with Crippen LogP contribution in [0.5, 0.6) is 0 Å². The lowest BCUT2D eigenvalue weighted by Crippen LogP contribution is -2.41. The average Bonchev–Trinajstić information content (AvgIpc) is 3.29. The molecule has 0 spiro atoms. The standard InChI is InChI=1S/C26H26ClN3O4S/c1-19-23(27)12-6-13-24(19)30(35(33,34)22-10-3-2-4-11-22)18-25(31)28-17-20-8-5-9-21(16-20)29-15-7-14-26(29)32/h2-6,8-13,16H,7,14-15,17-18H2,1H3,(H,28,31). The van der Waals surface area contributed by atoms with E-state index in [-0.39, 0.29) is 17.3 Å². The van der Waals surface area contributed by atoms with Gasteiger partial charge in [0.05, 0.1) is 10.6 Å². The number of carbonyl (C=O) groups excluding carboxylic acids is 2. The maximum absolute atomic E-state index is 13.5. The van der Waals surface area contributed by atoms with E-state index in [2.05, 4.69) is 5.32 Å². The monoisotopic (exact) mass is 511 g/mol. The molecule has 0 aliphatic carbocycles. The van der Waals surface area contributed by atoms with Gasteiger partial charge < -0.3 is 10.2 Å². The molecule has 182 valence electrons. The van der Waals surface area contributed by atoms with Gasteiger partial charge in [0.15, 0.2) is 0 Å². The smallest absolute Gasteiger partial charge is 0.264 e. The number of amides is 2. The van der Waals surface area contributed by atoms with Gasteiger partial charge in [-0.3, -0.25) is 13.9 Å². The molecule has 0 aromatic heterocycles. The second-order valence-electron chi connectivity index (χ2n) is 8.30. The van der Waals surface area contributed by atoms with E-state index in [1.165, 1.54) is 12.1 Å². The van der Waals surface area contributed by atoms with Gasteiger partial charge in [-0.25, -0.2) is 8.42 Å². The number of anilines is 2. The zero-order chi connectivity index (χ0) is 25.0. The van der Waals surface area contributed by atoms with E-state index in [1.807, 2.05) is 24.3 Å². The molecule has 1 N–H and O–H groups in total. The van der Waals surface area contributed by atoms with Crippen LogP contribution in [0.2, 0.25) is 5.02 Å². The van der Waals surface area contributed by atoms with Crippen LogP contribution >= 0.6 is 11.6 Å². The van der Waals surface area contributed by atoms with Crippen LogP contribution in [0.15, 0.2) is 77.7 Å². The summed E-state index contributed by atoms with van der Waals surface area (Å²) in [6, 6.07) is 20.4. The molecule has 1 fully saturated rings. The molecule has 3 aromatic carbocycles. The zero-order valence-electron chi connectivity index (χ0n) is 19.3. The Hall–Kier alpha value is -3.36. The Morgan fingerprint density at radius 2 is 1.80 bits per heavy atom. The maximum atomic E-state index is 13.5. The molecular formula is C26H26ClN3O4S. The first-order chi connectivity index (χ1) is 16.8. The predicted molar refractivity (Wildman–Crippen MR) is 137 cm³/mol. The van der Waals surface area contributed by atoms with Crippen LogP contribution in [0, 0.1) is 6.92 Å². The van der Waals surface area contributed by atoms with Crippen LogP contribution in [0.3, 0.4) is 0 Å². The van der Waals surface area contributed by atoms with Gasteiger partial charge in [0.25, 0.3) is 10.0 Å². The summed E-state index contributed by atoms with van der Waals surface area (Å²) in [5.74, 6) is -0.378. The first kappa shape index (κ1) is 24.8. The normalized spacial score (nSPS) is 13.7. The van der Waals surface area contributed by atoms with Crippen LogP contribution in [0.1, 0.15) is 24.0 Å². The maximum Gasteiger partial charge on any atom is 0.264 e. The van der Waals surface area contributed by atoms with E-state index in [4.69, 9.17) is 11.6 Å². The van der Waals surface area contributed by atoms with E-state index in [0.717, 1.165) is 22.0 Å². The fraction of sp³-hybridized carbons (Fsp3) is 0.231. The Morgan fingerprint density at radius 1 is 1.06 bits per heavy atom. The van der Waals surface area contributed by atoms with Crippen molar-refractivity contribution in [3.8, 4) is 0 Å². The van der Waals surface area contributed by atoms with Crippen molar-refractivity contribution >= 4 is 44.8 Å². The molecule has 7 nitrogen and oxygen atoms in total. The van der Waals surface area contributed by atoms with Crippen LogP contribution < -0.4 is 14.5 Å².